The molecule has 1 aromatic rings. The number of carbonyl (C=O) groups is 1. The summed E-state index contributed by atoms with van der Waals surface area (Å²) in [5, 5.41) is 2.97. The third-order valence-electron chi connectivity index (χ3n) is 5.93. The molecule has 1 aliphatic heterocycles. The summed E-state index contributed by atoms with van der Waals surface area (Å²) < 4.78 is 6.49. The Hall–Kier alpha value is -1.07. The molecule has 0 aromatic heterocycles. The largest absolute Gasteiger partial charge is 0.444 e. The van der Waals surface area contributed by atoms with E-state index in [1.54, 1.807) is 0 Å². The van der Waals surface area contributed by atoms with E-state index >= 15 is 0 Å². The van der Waals surface area contributed by atoms with Gasteiger partial charge in [-0.15, -0.1) is 0 Å². The topological polar surface area (TPSA) is 41.6 Å². The molecule has 1 saturated heterocycles. The Morgan fingerprint density at radius 3 is 2.36 bits per heavy atom. The molecular formula is C23H35BrN2O2. The van der Waals surface area contributed by atoms with E-state index in [0.717, 1.165) is 29.3 Å². The molecule has 3 rings (SSSR count). The second-order valence-electron chi connectivity index (χ2n) is 9.94. The zero-order valence-electron chi connectivity index (χ0n) is 17.9. The van der Waals surface area contributed by atoms with Crippen molar-refractivity contribution in [3.63, 3.8) is 0 Å². The van der Waals surface area contributed by atoms with E-state index in [1.807, 2.05) is 20.8 Å². The first-order chi connectivity index (χ1) is 13.1. The normalized spacial score (nSPS) is 25.5. The molecule has 0 bridgehead atoms. The molecule has 4 atom stereocenters. The molecule has 0 radical (unpaired) electrons. The number of alkyl carbamates (subject to hydrolysis) is 1. The summed E-state index contributed by atoms with van der Waals surface area (Å²) in [6, 6.07) is 9.36. The lowest BCUT2D eigenvalue weighted by atomic mass is 9.95. The Bertz CT molecular complexity index is 656. The third kappa shape index (κ3) is 5.96. The minimum atomic E-state index is -0.433. The first-order valence-corrected chi connectivity index (χ1v) is 11.4. The van der Waals surface area contributed by atoms with E-state index in [1.165, 1.54) is 25.1 Å². The van der Waals surface area contributed by atoms with Crippen molar-refractivity contribution in [2.45, 2.75) is 59.1 Å². The Balaban J connectivity index is 1.49. The number of benzene rings is 1. The van der Waals surface area contributed by atoms with Crippen LogP contribution in [-0.4, -0.2) is 42.3 Å². The van der Waals surface area contributed by atoms with Crippen LogP contribution in [0, 0.1) is 23.7 Å². The number of amides is 1. The van der Waals surface area contributed by atoms with Crippen LogP contribution in [0.2, 0.25) is 0 Å². The average Bonchev–Trinajstić information content (AvgIpc) is 3.02. The van der Waals surface area contributed by atoms with E-state index in [0.29, 0.717) is 17.9 Å². The van der Waals surface area contributed by atoms with Crippen LogP contribution >= 0.6 is 15.9 Å². The van der Waals surface area contributed by atoms with Crippen LogP contribution < -0.4 is 5.32 Å². The molecule has 1 amide bonds. The van der Waals surface area contributed by atoms with Gasteiger partial charge in [0, 0.05) is 30.1 Å². The Morgan fingerprint density at radius 2 is 1.82 bits per heavy atom. The summed E-state index contributed by atoms with van der Waals surface area (Å²) in [7, 11) is 0. The molecule has 5 heteroatoms. The van der Waals surface area contributed by atoms with Gasteiger partial charge in [0.15, 0.2) is 0 Å². The average molecular weight is 451 g/mol. The molecule has 0 spiro atoms. The van der Waals surface area contributed by atoms with Crippen molar-refractivity contribution < 1.29 is 9.53 Å². The Labute approximate surface area is 178 Å². The first-order valence-electron chi connectivity index (χ1n) is 10.6. The summed E-state index contributed by atoms with van der Waals surface area (Å²) >= 11 is 3.53. The van der Waals surface area contributed by atoms with Crippen LogP contribution in [0.1, 0.15) is 46.6 Å². The fourth-order valence-electron chi connectivity index (χ4n) is 4.60. The molecule has 1 heterocycles. The Morgan fingerprint density at radius 1 is 1.21 bits per heavy atom. The number of rotatable bonds is 7. The summed E-state index contributed by atoms with van der Waals surface area (Å²) in [6.45, 7) is 13.4. The van der Waals surface area contributed by atoms with Crippen molar-refractivity contribution in [1.29, 1.82) is 0 Å². The Kier molecular flexibility index (Phi) is 6.76. The van der Waals surface area contributed by atoms with Gasteiger partial charge in [-0.2, -0.15) is 0 Å². The van der Waals surface area contributed by atoms with E-state index in [9.17, 15) is 4.79 Å². The SMILES string of the molecule is CC(C)CC(Cc1ccc(Br)cc1)N1C[C@@H]2C(CNC(=O)OC(C)(C)C)[C@@H]2C1. The molecule has 2 fully saturated rings. The first kappa shape index (κ1) is 21.6. The standard InChI is InChI=1S/C23H35BrN2O2/c1-15(2)10-18(11-16-6-8-17(24)9-7-16)26-13-20-19(21(20)14-26)12-25-22(27)28-23(3,4)5/h6-9,15,18-21H,10-14H2,1-5H3,(H,25,27)/t18?,19?,20-,21+. The van der Waals surface area contributed by atoms with Crippen molar-refractivity contribution in [2.75, 3.05) is 19.6 Å². The molecule has 1 N–H and O–H groups in total. The number of likely N-dealkylation sites (tertiary alicyclic amines) is 1. The van der Waals surface area contributed by atoms with E-state index in [2.05, 4.69) is 64.3 Å². The molecule has 1 aromatic carbocycles. The lowest BCUT2D eigenvalue weighted by molar-refractivity contribution is 0.0521. The second-order valence-corrected chi connectivity index (χ2v) is 10.9. The summed E-state index contributed by atoms with van der Waals surface area (Å²) in [6.07, 6.45) is 2.06. The fourth-order valence-corrected chi connectivity index (χ4v) is 4.86. The molecule has 4 nitrogen and oxygen atoms in total. The number of hydrogen-bond donors (Lipinski definition) is 1. The monoisotopic (exact) mass is 450 g/mol. The molecule has 28 heavy (non-hydrogen) atoms. The maximum atomic E-state index is 11.9. The predicted molar refractivity (Wildman–Crippen MR) is 117 cm³/mol. The molecule has 2 unspecified atom stereocenters. The molecular weight excluding hydrogens is 416 g/mol. The van der Waals surface area contributed by atoms with Gasteiger partial charge in [-0.05, 0) is 75.0 Å². The van der Waals surface area contributed by atoms with Crippen molar-refractivity contribution >= 4 is 22.0 Å². The molecule has 1 aliphatic carbocycles. The van der Waals surface area contributed by atoms with E-state index in [4.69, 9.17) is 4.74 Å². The minimum Gasteiger partial charge on any atom is -0.444 e. The second kappa shape index (κ2) is 8.74. The number of nitrogens with zero attached hydrogens (tertiary/aromatic N) is 1. The van der Waals surface area contributed by atoms with Crippen molar-refractivity contribution in [2.24, 2.45) is 23.7 Å². The highest BCUT2D eigenvalue weighted by Crippen LogP contribution is 2.52. The number of fused-ring (bicyclic) bond motifs is 1. The molecule has 2 aliphatic rings. The lowest BCUT2D eigenvalue weighted by Gasteiger charge is -2.31. The van der Waals surface area contributed by atoms with Gasteiger partial charge in [0.1, 0.15) is 5.60 Å². The molecule has 1 saturated carbocycles. The summed E-state index contributed by atoms with van der Waals surface area (Å²) in [5.41, 5.74) is 0.981. The van der Waals surface area contributed by atoms with Crippen LogP contribution in [0.25, 0.3) is 0 Å². The van der Waals surface area contributed by atoms with Crippen LogP contribution in [0.5, 0.6) is 0 Å². The summed E-state index contributed by atoms with van der Waals surface area (Å²) in [4.78, 5) is 14.6. The van der Waals surface area contributed by atoms with Crippen LogP contribution in [0.15, 0.2) is 28.7 Å². The van der Waals surface area contributed by atoms with Gasteiger partial charge in [0.05, 0.1) is 0 Å². The number of nitrogens with one attached hydrogen (secondary N) is 1. The number of hydrogen-bond acceptors (Lipinski definition) is 3. The number of ether oxygens (including phenoxy) is 1. The van der Waals surface area contributed by atoms with Crippen molar-refractivity contribution in [1.82, 2.24) is 10.2 Å². The van der Waals surface area contributed by atoms with Gasteiger partial charge < -0.3 is 10.1 Å². The van der Waals surface area contributed by atoms with Crippen LogP contribution in [0.4, 0.5) is 4.79 Å². The van der Waals surface area contributed by atoms with Gasteiger partial charge in [0.2, 0.25) is 0 Å². The van der Waals surface area contributed by atoms with E-state index < -0.39 is 5.60 Å². The highest BCUT2D eigenvalue weighted by Gasteiger charge is 2.56. The lowest BCUT2D eigenvalue weighted by Crippen LogP contribution is -2.39. The van der Waals surface area contributed by atoms with E-state index in [-0.39, 0.29) is 6.09 Å². The third-order valence-corrected chi connectivity index (χ3v) is 6.45. The maximum Gasteiger partial charge on any atom is 0.407 e. The predicted octanol–water partition coefficient (Wildman–Crippen LogP) is 5.11. The highest BCUT2D eigenvalue weighted by atomic mass is 79.9. The zero-order valence-corrected chi connectivity index (χ0v) is 19.5. The number of piperidine rings is 1. The quantitative estimate of drug-likeness (QED) is 0.627. The van der Waals surface area contributed by atoms with Gasteiger partial charge in [-0.25, -0.2) is 4.79 Å². The highest BCUT2D eigenvalue weighted by molar-refractivity contribution is 9.10. The zero-order chi connectivity index (χ0) is 20.5. The van der Waals surface area contributed by atoms with Crippen molar-refractivity contribution in [3.05, 3.63) is 34.3 Å². The number of carbonyl (C=O) groups excluding carboxylic acids is 1. The van der Waals surface area contributed by atoms with Gasteiger partial charge in [0.25, 0.3) is 0 Å². The van der Waals surface area contributed by atoms with Gasteiger partial charge in [-0.3, -0.25) is 4.90 Å². The van der Waals surface area contributed by atoms with Crippen molar-refractivity contribution in [3.8, 4) is 0 Å². The smallest absolute Gasteiger partial charge is 0.407 e. The van der Waals surface area contributed by atoms with Gasteiger partial charge in [-0.1, -0.05) is 41.9 Å². The minimum absolute atomic E-state index is 0.290. The van der Waals surface area contributed by atoms with Gasteiger partial charge >= 0.3 is 6.09 Å². The maximum absolute atomic E-state index is 11.9. The van der Waals surface area contributed by atoms with Crippen LogP contribution in [-0.2, 0) is 11.2 Å². The molecule has 156 valence electrons. The number of halogens is 1. The van der Waals surface area contributed by atoms with Crippen LogP contribution in [0.3, 0.4) is 0 Å². The summed E-state index contributed by atoms with van der Waals surface area (Å²) in [5.74, 6) is 2.78. The fraction of sp³-hybridized carbons (Fsp3) is 0.696.